The monoisotopic (exact) mass is 541 g/mol. The molecule has 0 unspecified atom stereocenters. The number of hydrogen-bond acceptors (Lipinski definition) is 6. The van der Waals surface area contributed by atoms with E-state index < -0.39 is 0 Å². The third-order valence-electron chi connectivity index (χ3n) is 8.64. The minimum atomic E-state index is -0.195. The predicted molar refractivity (Wildman–Crippen MR) is 161 cm³/mol. The zero-order valence-corrected chi connectivity index (χ0v) is 24.3. The zero-order valence-electron chi connectivity index (χ0n) is 24.3. The van der Waals surface area contributed by atoms with E-state index in [0.29, 0.717) is 18.2 Å². The molecule has 2 heterocycles. The number of amides is 1. The van der Waals surface area contributed by atoms with Crippen LogP contribution in [0.2, 0.25) is 0 Å². The van der Waals surface area contributed by atoms with Crippen LogP contribution in [0.3, 0.4) is 0 Å². The molecule has 0 spiro atoms. The average Bonchev–Trinajstić information content (AvgIpc) is 3.60. The number of anilines is 1. The van der Waals surface area contributed by atoms with E-state index in [0.717, 1.165) is 55.6 Å². The van der Waals surface area contributed by atoms with Crippen LogP contribution in [0.15, 0.2) is 54.7 Å². The third-order valence-corrected chi connectivity index (χ3v) is 8.64. The summed E-state index contributed by atoms with van der Waals surface area (Å²) in [6.07, 6.45) is 5.80. The number of hydrogen-bond donors (Lipinski definition) is 2. The van der Waals surface area contributed by atoms with Gasteiger partial charge < -0.3 is 20.7 Å². The number of likely N-dealkylation sites (tertiary alicyclic amines) is 1. The second-order valence-corrected chi connectivity index (χ2v) is 11.8. The number of nitrogens with two attached hydrogens (primary N) is 1. The van der Waals surface area contributed by atoms with E-state index in [4.69, 9.17) is 10.5 Å². The van der Waals surface area contributed by atoms with Crippen molar-refractivity contribution >= 4 is 11.7 Å². The van der Waals surface area contributed by atoms with Crippen molar-refractivity contribution in [3.05, 3.63) is 82.5 Å². The molecule has 2 fully saturated rings. The lowest BCUT2D eigenvalue weighted by Crippen LogP contribution is -2.41. The Balaban J connectivity index is 1.20. The van der Waals surface area contributed by atoms with Crippen LogP contribution >= 0.6 is 0 Å². The van der Waals surface area contributed by atoms with Crippen molar-refractivity contribution in [3.63, 3.8) is 0 Å². The fourth-order valence-electron chi connectivity index (χ4n) is 5.89. The van der Waals surface area contributed by atoms with Gasteiger partial charge in [0.1, 0.15) is 5.82 Å². The summed E-state index contributed by atoms with van der Waals surface area (Å²) in [5, 5.41) is 3.19. The highest BCUT2D eigenvalue weighted by molar-refractivity contribution is 5.99. The minimum absolute atomic E-state index is 0.0147. The lowest BCUT2D eigenvalue weighted by molar-refractivity contribution is 0.0272. The predicted octanol–water partition coefficient (Wildman–Crippen LogP) is 4.95. The maximum atomic E-state index is 13.3. The van der Waals surface area contributed by atoms with Gasteiger partial charge >= 0.3 is 0 Å². The Kier molecular flexibility index (Phi) is 8.84. The highest BCUT2D eigenvalue weighted by Gasteiger charge is 2.30. The minimum Gasteiger partial charge on any atom is -0.383 e. The van der Waals surface area contributed by atoms with Crippen molar-refractivity contribution in [3.8, 4) is 11.1 Å². The molecule has 2 aromatic carbocycles. The van der Waals surface area contributed by atoms with E-state index >= 15 is 0 Å². The van der Waals surface area contributed by atoms with Crippen LogP contribution in [0.1, 0.15) is 58.3 Å². The van der Waals surface area contributed by atoms with E-state index in [1.807, 2.05) is 6.07 Å². The number of aromatic nitrogens is 1. The summed E-state index contributed by atoms with van der Waals surface area (Å²) in [5.74, 6) is 0.0487. The second kappa shape index (κ2) is 12.5. The lowest BCUT2D eigenvalue weighted by atomic mass is 10.0. The van der Waals surface area contributed by atoms with Crippen molar-refractivity contribution in [2.75, 3.05) is 32.9 Å². The van der Waals surface area contributed by atoms with E-state index in [2.05, 4.69) is 90.5 Å². The summed E-state index contributed by atoms with van der Waals surface area (Å²) >= 11 is 0. The fraction of sp³-hybridized carbons (Fsp3) is 0.455. The fourth-order valence-corrected chi connectivity index (χ4v) is 5.89. The lowest BCUT2D eigenvalue weighted by Gasteiger charge is -2.22. The molecule has 0 radical (unpaired) electrons. The van der Waals surface area contributed by atoms with E-state index in [9.17, 15) is 4.79 Å². The number of nitrogen functional groups attached to an aromatic ring is 1. The largest absolute Gasteiger partial charge is 0.383 e. The Labute approximate surface area is 238 Å². The standard InChI is InChI=1S/C33H43N5O2/c1-22-8-9-25(16-23(22)2)21-40-31-7-5-6-30(31)36-33(39)29-17-27(18-35-32(29)34)26-12-10-24(11-13-26)19-38-15-14-28(20-38)37(3)4/h8-13,16-18,28,30-31H,5-7,14-15,19-21H2,1-4H3,(H2,34,35)(H,36,39)/t28-,30+,31+/m1/s1. The molecule has 1 aliphatic heterocycles. The first-order valence-electron chi connectivity index (χ1n) is 14.5. The second-order valence-electron chi connectivity index (χ2n) is 11.8. The number of ether oxygens (including phenoxy) is 1. The summed E-state index contributed by atoms with van der Waals surface area (Å²) in [6, 6.07) is 17.4. The molecule has 7 nitrogen and oxygen atoms in total. The first-order valence-corrected chi connectivity index (χ1v) is 14.5. The number of carbonyl (C=O) groups excluding carboxylic acids is 1. The average molecular weight is 542 g/mol. The number of nitrogens with zero attached hydrogens (tertiary/aromatic N) is 3. The van der Waals surface area contributed by atoms with Crippen molar-refractivity contribution in [1.29, 1.82) is 0 Å². The summed E-state index contributed by atoms with van der Waals surface area (Å²) in [6.45, 7) is 7.96. The molecule has 1 aromatic heterocycles. The summed E-state index contributed by atoms with van der Waals surface area (Å²) in [5.41, 5.74) is 13.5. The van der Waals surface area contributed by atoms with Gasteiger partial charge in [0.15, 0.2) is 0 Å². The molecule has 2 aliphatic rings. The number of aryl methyl sites for hydroxylation is 2. The molecule has 1 saturated heterocycles. The number of rotatable bonds is 9. The number of carbonyl (C=O) groups is 1. The Morgan fingerprint density at radius 3 is 2.52 bits per heavy atom. The molecule has 1 aliphatic carbocycles. The van der Waals surface area contributed by atoms with Crippen molar-refractivity contribution in [1.82, 2.24) is 20.1 Å². The number of likely N-dealkylation sites (N-methyl/N-ethyl adjacent to an activating group) is 1. The van der Waals surface area contributed by atoms with Crippen molar-refractivity contribution < 1.29 is 9.53 Å². The molecule has 1 saturated carbocycles. The van der Waals surface area contributed by atoms with E-state index in [1.165, 1.54) is 23.1 Å². The molecule has 40 heavy (non-hydrogen) atoms. The Hall–Kier alpha value is -3.26. The van der Waals surface area contributed by atoms with Gasteiger partial charge in [0, 0.05) is 37.4 Å². The molecule has 0 bridgehead atoms. The van der Waals surface area contributed by atoms with Crippen molar-refractivity contribution in [2.45, 2.75) is 70.9 Å². The van der Waals surface area contributed by atoms with E-state index in [-0.39, 0.29) is 23.9 Å². The van der Waals surface area contributed by atoms with Crippen LogP contribution in [0.25, 0.3) is 11.1 Å². The normalized spacial score (nSPS) is 21.3. The van der Waals surface area contributed by atoms with Gasteiger partial charge in [0.05, 0.1) is 24.3 Å². The molecule has 212 valence electrons. The Morgan fingerprint density at radius 1 is 1.02 bits per heavy atom. The SMILES string of the molecule is Cc1ccc(CO[C@H]2CCC[C@@H]2NC(=O)c2cc(-c3ccc(CN4CC[C@@H](N(C)C)C4)cc3)cnc2N)cc1C. The Morgan fingerprint density at radius 2 is 1.80 bits per heavy atom. The molecule has 7 heteroatoms. The number of pyridine rings is 1. The summed E-state index contributed by atoms with van der Waals surface area (Å²) in [4.78, 5) is 22.5. The summed E-state index contributed by atoms with van der Waals surface area (Å²) < 4.78 is 6.27. The molecule has 3 N–H and O–H groups in total. The van der Waals surface area contributed by atoms with Crippen LogP contribution < -0.4 is 11.1 Å². The molecule has 5 rings (SSSR count). The van der Waals surface area contributed by atoms with Gasteiger partial charge in [0.2, 0.25) is 0 Å². The first kappa shape index (κ1) is 28.3. The molecular formula is C33H43N5O2. The zero-order chi connectivity index (χ0) is 28.2. The maximum absolute atomic E-state index is 13.3. The Bertz CT molecular complexity index is 1320. The topological polar surface area (TPSA) is 83.7 Å². The van der Waals surface area contributed by atoms with Crippen LogP contribution in [-0.4, -0.2) is 66.1 Å². The van der Waals surface area contributed by atoms with Gasteiger partial charge in [-0.1, -0.05) is 42.5 Å². The van der Waals surface area contributed by atoms with Gasteiger partial charge in [0.25, 0.3) is 5.91 Å². The van der Waals surface area contributed by atoms with Gasteiger partial charge in [-0.3, -0.25) is 9.69 Å². The highest BCUT2D eigenvalue weighted by Crippen LogP contribution is 2.27. The third kappa shape index (κ3) is 6.72. The summed E-state index contributed by atoms with van der Waals surface area (Å²) in [7, 11) is 4.32. The van der Waals surface area contributed by atoms with Crippen LogP contribution in [-0.2, 0) is 17.9 Å². The van der Waals surface area contributed by atoms with Gasteiger partial charge in [-0.05, 0) is 87.5 Å². The molecule has 3 atom stereocenters. The van der Waals surface area contributed by atoms with Crippen molar-refractivity contribution in [2.24, 2.45) is 0 Å². The van der Waals surface area contributed by atoms with Gasteiger partial charge in [-0.15, -0.1) is 0 Å². The molecule has 3 aromatic rings. The van der Waals surface area contributed by atoms with E-state index in [1.54, 1.807) is 6.20 Å². The quantitative estimate of drug-likeness (QED) is 0.399. The molecular weight excluding hydrogens is 498 g/mol. The maximum Gasteiger partial charge on any atom is 0.255 e. The highest BCUT2D eigenvalue weighted by atomic mass is 16.5. The van der Waals surface area contributed by atoms with Gasteiger partial charge in [-0.2, -0.15) is 0 Å². The number of nitrogens with one attached hydrogen (secondary N) is 1. The molecule has 1 amide bonds. The number of benzene rings is 2. The van der Waals surface area contributed by atoms with Crippen LogP contribution in [0.4, 0.5) is 5.82 Å². The van der Waals surface area contributed by atoms with Crippen LogP contribution in [0.5, 0.6) is 0 Å². The van der Waals surface area contributed by atoms with Crippen LogP contribution in [0, 0.1) is 13.8 Å². The first-order chi connectivity index (χ1) is 19.3. The van der Waals surface area contributed by atoms with Gasteiger partial charge in [-0.25, -0.2) is 4.98 Å². The smallest absolute Gasteiger partial charge is 0.255 e.